The Balaban J connectivity index is 1.89. The Morgan fingerprint density at radius 2 is 1.81 bits per heavy atom. The molecule has 2 rings (SSSR count). The van der Waals surface area contributed by atoms with Crippen LogP contribution in [0.2, 0.25) is 0 Å². The number of rotatable bonds is 7. The van der Waals surface area contributed by atoms with Crippen molar-refractivity contribution in [3.05, 3.63) is 46.3 Å². The molecule has 3 N–H and O–H groups in total. The molecule has 6 heteroatoms. The molecule has 2 aromatic rings. The number of guanidine groups is 1. The molecule has 0 unspecified atom stereocenters. The molecule has 0 spiro atoms. The lowest BCUT2D eigenvalue weighted by Crippen LogP contribution is -2.38. The summed E-state index contributed by atoms with van der Waals surface area (Å²) in [5.74, 6) is 1.18. The molecule has 26 heavy (non-hydrogen) atoms. The molecule has 0 aliphatic carbocycles. The molecule has 1 aromatic carbocycles. The van der Waals surface area contributed by atoms with E-state index in [4.69, 9.17) is 0 Å². The highest BCUT2D eigenvalue weighted by Gasteiger charge is 2.04. The number of aromatic hydroxyl groups is 1. The van der Waals surface area contributed by atoms with Crippen LogP contribution in [-0.4, -0.2) is 33.9 Å². The summed E-state index contributed by atoms with van der Waals surface area (Å²) >= 11 is 0. The van der Waals surface area contributed by atoms with Crippen molar-refractivity contribution in [2.24, 2.45) is 4.99 Å². The maximum Gasteiger partial charge on any atom is 0.191 e. The fourth-order valence-corrected chi connectivity index (χ4v) is 2.99. The van der Waals surface area contributed by atoms with E-state index in [2.05, 4.69) is 40.6 Å². The average molecular weight is 358 g/mol. The Hall–Kier alpha value is -2.50. The molecule has 0 atom stereocenters. The van der Waals surface area contributed by atoms with Gasteiger partial charge >= 0.3 is 0 Å². The van der Waals surface area contributed by atoms with Crippen molar-refractivity contribution in [3.63, 3.8) is 0 Å². The second-order valence-corrected chi connectivity index (χ2v) is 6.70. The summed E-state index contributed by atoms with van der Waals surface area (Å²) in [6, 6.07) is 6.07. The van der Waals surface area contributed by atoms with Crippen LogP contribution in [0.15, 0.2) is 23.2 Å². The van der Waals surface area contributed by atoms with Crippen molar-refractivity contribution in [2.45, 2.75) is 54.1 Å². The summed E-state index contributed by atoms with van der Waals surface area (Å²) in [4.78, 5) is 4.65. The smallest absolute Gasteiger partial charge is 0.191 e. The van der Waals surface area contributed by atoms with Gasteiger partial charge in [-0.15, -0.1) is 0 Å². The largest absolute Gasteiger partial charge is 0.507 e. The van der Waals surface area contributed by atoms with Gasteiger partial charge in [0.05, 0.1) is 12.2 Å². The molecule has 0 saturated carbocycles. The van der Waals surface area contributed by atoms with Crippen LogP contribution in [0.5, 0.6) is 5.75 Å². The Morgan fingerprint density at radius 1 is 1.12 bits per heavy atom. The number of aliphatic imine (C=N–C) groups is 1. The molecule has 0 radical (unpaired) electrons. The zero-order valence-corrected chi connectivity index (χ0v) is 16.6. The van der Waals surface area contributed by atoms with E-state index in [1.807, 2.05) is 37.6 Å². The third kappa shape index (κ3) is 5.51. The molecular weight excluding hydrogens is 326 g/mol. The summed E-state index contributed by atoms with van der Waals surface area (Å²) in [5.41, 5.74) is 5.12. The van der Waals surface area contributed by atoms with Crippen LogP contribution in [0.3, 0.4) is 0 Å². The van der Waals surface area contributed by atoms with E-state index in [-0.39, 0.29) is 0 Å². The Morgan fingerprint density at radius 3 is 2.38 bits per heavy atom. The Bertz CT molecular complexity index is 741. The van der Waals surface area contributed by atoms with Crippen molar-refractivity contribution < 1.29 is 5.11 Å². The highest BCUT2D eigenvalue weighted by Crippen LogP contribution is 2.23. The lowest BCUT2D eigenvalue weighted by molar-refractivity contribution is 0.466. The zero-order chi connectivity index (χ0) is 19.1. The third-order valence-corrected chi connectivity index (χ3v) is 4.26. The summed E-state index contributed by atoms with van der Waals surface area (Å²) in [7, 11) is 0. The second-order valence-electron chi connectivity index (χ2n) is 6.70. The average Bonchev–Trinajstić information content (AvgIpc) is 2.91. The maximum absolute atomic E-state index is 9.88. The van der Waals surface area contributed by atoms with Crippen molar-refractivity contribution in [1.82, 2.24) is 20.4 Å². The van der Waals surface area contributed by atoms with Gasteiger partial charge in [-0.1, -0.05) is 12.1 Å². The first kappa shape index (κ1) is 19.8. The number of phenolic OH excluding ortho intramolecular Hbond substituents is 1. The van der Waals surface area contributed by atoms with Gasteiger partial charge in [-0.05, 0) is 63.8 Å². The van der Waals surface area contributed by atoms with Crippen molar-refractivity contribution in [3.8, 4) is 5.75 Å². The topological polar surface area (TPSA) is 74.5 Å². The monoisotopic (exact) mass is 357 g/mol. The molecule has 0 amide bonds. The van der Waals surface area contributed by atoms with E-state index in [9.17, 15) is 5.11 Å². The summed E-state index contributed by atoms with van der Waals surface area (Å²) in [5, 5.41) is 21.0. The molecule has 0 fully saturated rings. The van der Waals surface area contributed by atoms with Gasteiger partial charge in [0.2, 0.25) is 0 Å². The molecule has 0 aliphatic heterocycles. The molecule has 0 saturated heterocycles. The van der Waals surface area contributed by atoms with Gasteiger partial charge in [0.1, 0.15) is 5.75 Å². The third-order valence-electron chi connectivity index (χ3n) is 4.26. The fraction of sp³-hybridized carbons (Fsp3) is 0.500. The van der Waals surface area contributed by atoms with Crippen molar-refractivity contribution in [2.75, 3.05) is 13.1 Å². The summed E-state index contributed by atoms with van der Waals surface area (Å²) in [6.07, 6.45) is 0.976. The van der Waals surface area contributed by atoms with Crippen molar-refractivity contribution in [1.29, 1.82) is 0 Å². The van der Waals surface area contributed by atoms with E-state index >= 15 is 0 Å². The predicted molar refractivity (Wildman–Crippen MR) is 107 cm³/mol. The molecule has 1 heterocycles. The highest BCUT2D eigenvalue weighted by atomic mass is 16.3. The number of nitrogens with one attached hydrogen (secondary N) is 2. The van der Waals surface area contributed by atoms with Crippen LogP contribution in [-0.2, 0) is 13.1 Å². The maximum atomic E-state index is 9.88. The van der Waals surface area contributed by atoms with E-state index in [0.717, 1.165) is 54.4 Å². The number of hydrogen-bond acceptors (Lipinski definition) is 3. The molecule has 0 bridgehead atoms. The molecule has 0 aliphatic rings. The number of aryl methyl sites for hydroxylation is 5. The predicted octanol–water partition coefficient (Wildman–Crippen LogP) is 2.97. The van der Waals surface area contributed by atoms with E-state index < -0.39 is 0 Å². The second kappa shape index (κ2) is 9.27. The quantitative estimate of drug-likeness (QED) is 0.405. The van der Waals surface area contributed by atoms with Crippen LogP contribution in [0.4, 0.5) is 0 Å². The van der Waals surface area contributed by atoms with Gasteiger partial charge < -0.3 is 15.7 Å². The standard InChI is InChI=1S/C20H31N5O/c1-6-21-20(22-8-7-9-25-17(5)12-16(4)24-25)23-13-18-10-14(2)19(26)15(3)11-18/h10-12,26H,6-9,13H2,1-5H3,(H2,21,22,23). The fourth-order valence-electron chi connectivity index (χ4n) is 2.99. The summed E-state index contributed by atoms with van der Waals surface area (Å²) in [6.45, 7) is 13.1. The van der Waals surface area contributed by atoms with Crippen LogP contribution in [0, 0.1) is 27.7 Å². The number of aromatic nitrogens is 2. The summed E-state index contributed by atoms with van der Waals surface area (Å²) < 4.78 is 2.04. The lowest BCUT2D eigenvalue weighted by atomic mass is 10.1. The minimum absolute atomic E-state index is 0.368. The van der Waals surface area contributed by atoms with Crippen LogP contribution >= 0.6 is 0 Å². The Kier molecular flexibility index (Phi) is 7.06. The normalized spacial score (nSPS) is 11.7. The van der Waals surface area contributed by atoms with E-state index in [1.54, 1.807) is 0 Å². The number of phenols is 1. The van der Waals surface area contributed by atoms with Gasteiger partial charge in [-0.25, -0.2) is 4.99 Å². The molecular formula is C20H31N5O. The number of nitrogens with zero attached hydrogens (tertiary/aromatic N) is 3. The number of benzene rings is 1. The van der Waals surface area contributed by atoms with Crippen LogP contribution in [0.1, 0.15) is 41.4 Å². The Labute approximate surface area is 156 Å². The SMILES string of the molecule is CCNC(=NCc1cc(C)c(O)c(C)c1)NCCCn1nc(C)cc1C. The van der Waals surface area contributed by atoms with E-state index in [1.165, 1.54) is 5.69 Å². The minimum Gasteiger partial charge on any atom is -0.507 e. The molecule has 142 valence electrons. The van der Waals surface area contributed by atoms with Crippen molar-refractivity contribution >= 4 is 5.96 Å². The lowest BCUT2D eigenvalue weighted by Gasteiger charge is -2.12. The highest BCUT2D eigenvalue weighted by molar-refractivity contribution is 5.79. The van der Waals surface area contributed by atoms with Gasteiger partial charge in [0.15, 0.2) is 5.96 Å². The first-order chi connectivity index (χ1) is 12.4. The van der Waals surface area contributed by atoms with Crippen LogP contribution < -0.4 is 10.6 Å². The van der Waals surface area contributed by atoms with Gasteiger partial charge in [-0.2, -0.15) is 5.10 Å². The van der Waals surface area contributed by atoms with E-state index in [0.29, 0.717) is 12.3 Å². The zero-order valence-electron chi connectivity index (χ0n) is 16.6. The van der Waals surface area contributed by atoms with Gasteiger partial charge in [0, 0.05) is 25.3 Å². The number of hydrogen-bond donors (Lipinski definition) is 3. The molecule has 6 nitrogen and oxygen atoms in total. The molecule has 1 aromatic heterocycles. The van der Waals surface area contributed by atoms with Gasteiger partial charge in [0.25, 0.3) is 0 Å². The van der Waals surface area contributed by atoms with Gasteiger partial charge in [-0.3, -0.25) is 4.68 Å². The minimum atomic E-state index is 0.368. The first-order valence-corrected chi connectivity index (χ1v) is 9.23. The van der Waals surface area contributed by atoms with Crippen LogP contribution in [0.25, 0.3) is 0 Å². The first-order valence-electron chi connectivity index (χ1n) is 9.23.